The second-order valence-electron chi connectivity index (χ2n) is 5.23. The highest BCUT2D eigenvalue weighted by atomic mass is 16.5. The molecule has 0 amide bonds. The molecule has 0 aliphatic carbocycles. The van der Waals surface area contributed by atoms with Gasteiger partial charge in [-0.05, 0) is 24.6 Å². The van der Waals surface area contributed by atoms with Crippen molar-refractivity contribution < 1.29 is 4.74 Å². The fraction of sp³-hybridized carbons (Fsp3) is 0.235. The zero-order valence-corrected chi connectivity index (χ0v) is 11.0. The Bertz CT molecular complexity index is 577. The zero-order valence-electron chi connectivity index (χ0n) is 11.0. The van der Waals surface area contributed by atoms with Crippen molar-refractivity contribution in [3.63, 3.8) is 0 Å². The molecule has 2 nitrogen and oxygen atoms in total. The molecule has 0 fully saturated rings. The highest BCUT2D eigenvalue weighted by molar-refractivity contribution is 5.95. The zero-order chi connectivity index (χ0) is 13.1. The average molecular weight is 251 g/mol. The maximum absolute atomic E-state index is 5.78. The smallest absolute Gasteiger partial charge is 0.216 e. The highest BCUT2D eigenvalue weighted by Crippen LogP contribution is 2.25. The second-order valence-corrected chi connectivity index (χ2v) is 5.23. The Balaban J connectivity index is 1.82. The summed E-state index contributed by atoms with van der Waals surface area (Å²) in [7, 11) is 0. The molecule has 0 saturated heterocycles. The van der Waals surface area contributed by atoms with Crippen molar-refractivity contribution in [1.82, 2.24) is 0 Å². The van der Waals surface area contributed by atoms with Crippen LogP contribution in [0.25, 0.3) is 0 Å². The molecular weight excluding hydrogens is 234 g/mol. The molecule has 2 aromatic carbocycles. The molecule has 0 spiro atoms. The van der Waals surface area contributed by atoms with Gasteiger partial charge in [-0.1, -0.05) is 48.5 Å². The summed E-state index contributed by atoms with van der Waals surface area (Å²) in [4.78, 5) is 4.78. The van der Waals surface area contributed by atoms with Crippen LogP contribution >= 0.6 is 0 Å². The standard InChI is InChI=1S/C17H17NO/c1-17(12-14-8-4-2-5-9-14)13-19-16(18-17)15-10-6-3-7-11-15/h2-11H,12-13H2,1H3/t17-/m0/s1. The van der Waals surface area contributed by atoms with E-state index < -0.39 is 0 Å². The Hall–Kier alpha value is -2.09. The van der Waals surface area contributed by atoms with E-state index in [1.807, 2.05) is 36.4 Å². The summed E-state index contributed by atoms with van der Waals surface area (Å²) in [6.45, 7) is 2.79. The lowest BCUT2D eigenvalue weighted by Gasteiger charge is -2.17. The van der Waals surface area contributed by atoms with Crippen LogP contribution in [0, 0.1) is 0 Å². The van der Waals surface area contributed by atoms with Crippen molar-refractivity contribution in [2.75, 3.05) is 6.61 Å². The van der Waals surface area contributed by atoms with E-state index in [0.29, 0.717) is 6.61 Å². The Labute approximate surface area is 113 Å². The molecule has 0 radical (unpaired) electrons. The summed E-state index contributed by atoms with van der Waals surface area (Å²) < 4.78 is 5.78. The quantitative estimate of drug-likeness (QED) is 0.818. The predicted octanol–water partition coefficient (Wildman–Crippen LogP) is 3.46. The van der Waals surface area contributed by atoms with Gasteiger partial charge in [0.2, 0.25) is 5.90 Å². The normalized spacial score (nSPS) is 21.8. The number of hydrogen-bond donors (Lipinski definition) is 0. The summed E-state index contributed by atoms with van der Waals surface area (Å²) in [5.74, 6) is 0.763. The van der Waals surface area contributed by atoms with Crippen LogP contribution < -0.4 is 0 Å². The van der Waals surface area contributed by atoms with Crippen LogP contribution in [0.5, 0.6) is 0 Å². The van der Waals surface area contributed by atoms with Crippen LogP contribution in [-0.2, 0) is 11.2 Å². The molecule has 1 aliphatic heterocycles. The Kier molecular flexibility index (Phi) is 3.08. The minimum absolute atomic E-state index is 0.160. The lowest BCUT2D eigenvalue weighted by Crippen LogP contribution is -2.26. The van der Waals surface area contributed by atoms with Crippen LogP contribution in [0.3, 0.4) is 0 Å². The molecule has 2 heteroatoms. The monoisotopic (exact) mass is 251 g/mol. The van der Waals surface area contributed by atoms with Crippen molar-refractivity contribution in [2.24, 2.45) is 4.99 Å². The summed E-state index contributed by atoms with van der Waals surface area (Å²) in [5, 5.41) is 0. The van der Waals surface area contributed by atoms with Gasteiger partial charge in [-0.25, -0.2) is 4.99 Å². The highest BCUT2D eigenvalue weighted by Gasteiger charge is 2.32. The third kappa shape index (κ3) is 2.68. The lowest BCUT2D eigenvalue weighted by molar-refractivity contribution is 0.266. The molecule has 1 heterocycles. The molecule has 3 rings (SSSR count). The molecule has 0 bridgehead atoms. The van der Waals surface area contributed by atoms with Gasteiger partial charge < -0.3 is 4.74 Å². The summed E-state index contributed by atoms with van der Waals surface area (Å²) >= 11 is 0. The first-order chi connectivity index (χ1) is 9.25. The van der Waals surface area contributed by atoms with E-state index >= 15 is 0 Å². The van der Waals surface area contributed by atoms with Gasteiger partial charge in [-0.15, -0.1) is 0 Å². The molecule has 2 aromatic rings. The first kappa shape index (κ1) is 12.0. The predicted molar refractivity (Wildman–Crippen MR) is 77.5 cm³/mol. The molecule has 0 saturated carbocycles. The fourth-order valence-electron chi connectivity index (χ4n) is 2.39. The van der Waals surface area contributed by atoms with Crippen molar-refractivity contribution in [2.45, 2.75) is 18.9 Å². The molecule has 1 atom stereocenters. The van der Waals surface area contributed by atoms with Gasteiger partial charge in [0.15, 0.2) is 0 Å². The number of benzene rings is 2. The lowest BCUT2D eigenvalue weighted by atomic mass is 9.95. The van der Waals surface area contributed by atoms with E-state index in [2.05, 4.69) is 31.2 Å². The van der Waals surface area contributed by atoms with Gasteiger partial charge in [-0.2, -0.15) is 0 Å². The van der Waals surface area contributed by atoms with Gasteiger partial charge in [0.25, 0.3) is 0 Å². The van der Waals surface area contributed by atoms with E-state index in [9.17, 15) is 0 Å². The second kappa shape index (κ2) is 4.88. The van der Waals surface area contributed by atoms with Crippen molar-refractivity contribution >= 4 is 5.90 Å². The Morgan fingerprint density at radius 3 is 2.32 bits per heavy atom. The number of aliphatic imine (C=N–C) groups is 1. The number of nitrogens with zero attached hydrogens (tertiary/aromatic N) is 1. The number of rotatable bonds is 3. The molecule has 19 heavy (non-hydrogen) atoms. The third-order valence-electron chi connectivity index (χ3n) is 3.34. The van der Waals surface area contributed by atoms with Crippen LogP contribution in [0.2, 0.25) is 0 Å². The first-order valence-electron chi connectivity index (χ1n) is 6.57. The maximum atomic E-state index is 5.78. The fourth-order valence-corrected chi connectivity index (χ4v) is 2.39. The number of ether oxygens (including phenoxy) is 1. The SMILES string of the molecule is C[C@]1(Cc2ccccc2)COC(c2ccccc2)=N1. The van der Waals surface area contributed by atoms with Crippen molar-refractivity contribution in [3.05, 3.63) is 71.8 Å². The van der Waals surface area contributed by atoms with Gasteiger partial charge in [0, 0.05) is 12.0 Å². The van der Waals surface area contributed by atoms with Gasteiger partial charge in [-0.3, -0.25) is 0 Å². The van der Waals surface area contributed by atoms with Crippen LogP contribution in [0.1, 0.15) is 18.1 Å². The van der Waals surface area contributed by atoms with Gasteiger partial charge >= 0.3 is 0 Å². The molecule has 96 valence electrons. The average Bonchev–Trinajstić information content (AvgIpc) is 2.83. The largest absolute Gasteiger partial charge is 0.475 e. The Morgan fingerprint density at radius 1 is 1.00 bits per heavy atom. The van der Waals surface area contributed by atoms with E-state index in [-0.39, 0.29) is 5.54 Å². The van der Waals surface area contributed by atoms with E-state index in [1.165, 1.54) is 5.56 Å². The van der Waals surface area contributed by atoms with Crippen LogP contribution in [0.4, 0.5) is 0 Å². The summed E-state index contributed by atoms with van der Waals surface area (Å²) in [5.41, 5.74) is 2.19. The van der Waals surface area contributed by atoms with Crippen molar-refractivity contribution in [1.29, 1.82) is 0 Å². The minimum Gasteiger partial charge on any atom is -0.475 e. The van der Waals surface area contributed by atoms with E-state index in [0.717, 1.165) is 17.9 Å². The Morgan fingerprint density at radius 2 is 1.63 bits per heavy atom. The van der Waals surface area contributed by atoms with Gasteiger partial charge in [0.1, 0.15) is 6.61 Å². The number of hydrogen-bond acceptors (Lipinski definition) is 2. The third-order valence-corrected chi connectivity index (χ3v) is 3.34. The molecule has 1 aliphatic rings. The molecule has 0 aromatic heterocycles. The van der Waals surface area contributed by atoms with E-state index in [4.69, 9.17) is 9.73 Å². The topological polar surface area (TPSA) is 21.6 Å². The maximum Gasteiger partial charge on any atom is 0.216 e. The summed E-state index contributed by atoms with van der Waals surface area (Å²) in [6, 6.07) is 20.5. The van der Waals surface area contributed by atoms with Gasteiger partial charge in [0.05, 0.1) is 5.54 Å². The molecule has 0 unspecified atom stereocenters. The van der Waals surface area contributed by atoms with E-state index in [1.54, 1.807) is 0 Å². The first-order valence-corrected chi connectivity index (χ1v) is 6.57. The van der Waals surface area contributed by atoms with Crippen LogP contribution in [0.15, 0.2) is 65.7 Å². The minimum atomic E-state index is -0.160. The molecule has 0 N–H and O–H groups in total. The van der Waals surface area contributed by atoms with Crippen LogP contribution in [-0.4, -0.2) is 18.0 Å². The summed E-state index contributed by atoms with van der Waals surface area (Å²) in [6.07, 6.45) is 0.907. The van der Waals surface area contributed by atoms with Crippen molar-refractivity contribution in [3.8, 4) is 0 Å². The molecular formula is C17H17NO.